The van der Waals surface area contributed by atoms with E-state index in [0.29, 0.717) is 5.56 Å². The van der Waals surface area contributed by atoms with Crippen molar-refractivity contribution in [3.05, 3.63) is 47.3 Å². The molecule has 0 saturated heterocycles. The number of amides is 1. The van der Waals surface area contributed by atoms with Crippen molar-refractivity contribution in [3.63, 3.8) is 0 Å². The lowest BCUT2D eigenvalue weighted by molar-refractivity contribution is 0.102. The van der Waals surface area contributed by atoms with Crippen LogP contribution in [0, 0.1) is 13.8 Å². The largest absolute Gasteiger partial charge is 0.322 e. The van der Waals surface area contributed by atoms with Gasteiger partial charge in [-0.25, -0.2) is 4.98 Å². The molecule has 5 nitrogen and oxygen atoms in total. The van der Waals surface area contributed by atoms with Crippen molar-refractivity contribution in [3.8, 4) is 0 Å². The van der Waals surface area contributed by atoms with Gasteiger partial charge in [0.05, 0.1) is 16.6 Å². The smallest absolute Gasteiger partial charge is 0.256 e. The second kappa shape index (κ2) is 6.04. The summed E-state index contributed by atoms with van der Waals surface area (Å²) < 4.78 is 1.71. The van der Waals surface area contributed by atoms with Crippen LogP contribution >= 0.6 is 11.8 Å². The number of aromatic nitrogens is 3. The zero-order chi connectivity index (χ0) is 16.6. The van der Waals surface area contributed by atoms with Gasteiger partial charge in [0.25, 0.3) is 5.91 Å². The molecule has 2 heterocycles. The molecule has 0 atom stereocenters. The molecule has 0 radical (unpaired) electrons. The number of fused-ring (bicyclic) bond motifs is 1. The monoisotopic (exact) mass is 326 g/mol. The van der Waals surface area contributed by atoms with Crippen LogP contribution in [0.5, 0.6) is 0 Å². The summed E-state index contributed by atoms with van der Waals surface area (Å²) >= 11 is 1.64. The summed E-state index contributed by atoms with van der Waals surface area (Å²) in [5.74, 6) is -0.144. The average Bonchev–Trinajstić information content (AvgIpc) is 2.81. The van der Waals surface area contributed by atoms with Crippen molar-refractivity contribution < 1.29 is 4.79 Å². The molecule has 6 heteroatoms. The SMILES string of the molecule is CSc1cccc(NC(=O)c2cc(C)nc3c2c(C)nn3C)c1. The van der Waals surface area contributed by atoms with Crippen molar-refractivity contribution in [2.75, 3.05) is 11.6 Å². The standard InChI is InChI=1S/C17H18N4OS/c1-10-8-14(15-11(2)20-21(3)16(15)18-10)17(22)19-12-6-5-7-13(9-12)23-4/h5-9H,1-4H3,(H,19,22). The zero-order valence-corrected chi connectivity index (χ0v) is 14.4. The maximum atomic E-state index is 12.8. The Morgan fingerprint density at radius 1 is 1.26 bits per heavy atom. The molecule has 1 amide bonds. The van der Waals surface area contributed by atoms with Gasteiger partial charge in [-0.05, 0) is 44.4 Å². The van der Waals surface area contributed by atoms with Crippen molar-refractivity contribution in [2.45, 2.75) is 18.7 Å². The first-order chi connectivity index (χ1) is 11.0. The average molecular weight is 326 g/mol. The maximum Gasteiger partial charge on any atom is 0.256 e. The van der Waals surface area contributed by atoms with Crippen LogP contribution in [0.3, 0.4) is 0 Å². The molecule has 0 fully saturated rings. The molecule has 3 rings (SSSR count). The summed E-state index contributed by atoms with van der Waals surface area (Å²) in [5, 5.41) is 8.15. The molecule has 1 N–H and O–H groups in total. The summed E-state index contributed by atoms with van der Waals surface area (Å²) in [6.45, 7) is 3.78. The minimum absolute atomic E-state index is 0.144. The van der Waals surface area contributed by atoms with E-state index in [-0.39, 0.29) is 5.91 Å². The summed E-state index contributed by atoms with van der Waals surface area (Å²) in [6.07, 6.45) is 2.01. The molecule has 0 aliphatic heterocycles. The Bertz CT molecular complexity index is 901. The molecule has 118 valence electrons. The Morgan fingerprint density at radius 3 is 2.78 bits per heavy atom. The third kappa shape index (κ3) is 2.94. The fourth-order valence-electron chi connectivity index (χ4n) is 2.65. The number of benzene rings is 1. The van der Waals surface area contributed by atoms with E-state index in [0.717, 1.165) is 33.0 Å². The molecule has 0 spiro atoms. The fraction of sp³-hybridized carbons (Fsp3) is 0.235. The molecule has 0 aliphatic rings. The second-order valence-corrected chi connectivity index (χ2v) is 6.28. The molecule has 23 heavy (non-hydrogen) atoms. The van der Waals surface area contributed by atoms with E-state index in [1.54, 1.807) is 16.4 Å². The van der Waals surface area contributed by atoms with Gasteiger partial charge in [-0.3, -0.25) is 9.48 Å². The first kappa shape index (κ1) is 15.6. The third-order valence-electron chi connectivity index (χ3n) is 3.67. The summed E-state index contributed by atoms with van der Waals surface area (Å²) in [5.41, 5.74) is 3.71. The van der Waals surface area contributed by atoms with E-state index in [2.05, 4.69) is 15.4 Å². The van der Waals surface area contributed by atoms with E-state index in [1.807, 2.05) is 57.5 Å². The lowest BCUT2D eigenvalue weighted by atomic mass is 10.1. The van der Waals surface area contributed by atoms with Crippen molar-refractivity contribution in [2.24, 2.45) is 7.05 Å². The summed E-state index contributed by atoms with van der Waals surface area (Å²) in [7, 11) is 1.84. The van der Waals surface area contributed by atoms with Gasteiger partial charge in [-0.1, -0.05) is 6.07 Å². The van der Waals surface area contributed by atoms with E-state index < -0.39 is 0 Å². The first-order valence-electron chi connectivity index (χ1n) is 7.26. The van der Waals surface area contributed by atoms with E-state index >= 15 is 0 Å². The topological polar surface area (TPSA) is 59.8 Å². The first-order valence-corrected chi connectivity index (χ1v) is 8.48. The Balaban J connectivity index is 2.03. The number of nitrogens with one attached hydrogen (secondary N) is 1. The predicted molar refractivity (Wildman–Crippen MR) is 94.2 cm³/mol. The molecule has 0 saturated carbocycles. The van der Waals surface area contributed by atoms with Crippen molar-refractivity contribution in [1.82, 2.24) is 14.8 Å². The minimum Gasteiger partial charge on any atom is -0.322 e. The minimum atomic E-state index is -0.144. The number of pyridine rings is 1. The zero-order valence-electron chi connectivity index (χ0n) is 13.5. The molecule has 0 aliphatic carbocycles. The third-order valence-corrected chi connectivity index (χ3v) is 4.39. The normalized spacial score (nSPS) is 11.0. The van der Waals surface area contributed by atoms with Crippen LogP contribution in [0.1, 0.15) is 21.7 Å². The Labute approximate surface area is 139 Å². The van der Waals surface area contributed by atoms with E-state index in [4.69, 9.17) is 0 Å². The van der Waals surface area contributed by atoms with Crippen molar-refractivity contribution in [1.29, 1.82) is 0 Å². The van der Waals surface area contributed by atoms with E-state index in [9.17, 15) is 4.79 Å². The number of aryl methyl sites for hydroxylation is 3. The van der Waals surface area contributed by atoms with Gasteiger partial charge in [-0.2, -0.15) is 5.10 Å². The molecule has 1 aromatic carbocycles. The number of nitrogens with zero attached hydrogens (tertiary/aromatic N) is 3. The molecule has 0 unspecified atom stereocenters. The Kier molecular flexibility index (Phi) is 4.09. The van der Waals surface area contributed by atoms with Gasteiger partial charge in [0.2, 0.25) is 0 Å². The number of carbonyl (C=O) groups is 1. The van der Waals surface area contributed by atoms with Crippen LogP contribution in [-0.2, 0) is 7.05 Å². The Morgan fingerprint density at radius 2 is 2.04 bits per heavy atom. The quantitative estimate of drug-likeness (QED) is 0.748. The molecule has 0 bridgehead atoms. The van der Waals surface area contributed by atoms with Crippen LogP contribution in [-0.4, -0.2) is 26.9 Å². The summed E-state index contributed by atoms with van der Waals surface area (Å²) in [6, 6.07) is 9.61. The van der Waals surface area contributed by atoms with Gasteiger partial charge >= 0.3 is 0 Å². The van der Waals surface area contributed by atoms with Gasteiger partial charge in [0, 0.05) is 23.3 Å². The van der Waals surface area contributed by atoms with Crippen LogP contribution in [0.2, 0.25) is 0 Å². The number of hydrogen-bond donors (Lipinski definition) is 1. The lowest BCUT2D eigenvalue weighted by Gasteiger charge is -2.08. The van der Waals surface area contributed by atoms with Crippen molar-refractivity contribution >= 4 is 34.4 Å². The predicted octanol–water partition coefficient (Wildman–Crippen LogP) is 3.56. The molecule has 2 aromatic heterocycles. The number of thioether (sulfide) groups is 1. The highest BCUT2D eigenvalue weighted by Crippen LogP contribution is 2.24. The van der Waals surface area contributed by atoms with Gasteiger partial charge < -0.3 is 5.32 Å². The van der Waals surface area contributed by atoms with Crippen LogP contribution in [0.15, 0.2) is 35.2 Å². The second-order valence-electron chi connectivity index (χ2n) is 5.40. The number of anilines is 1. The van der Waals surface area contributed by atoms with Gasteiger partial charge in [0.1, 0.15) is 0 Å². The highest BCUT2D eigenvalue weighted by Gasteiger charge is 2.17. The van der Waals surface area contributed by atoms with Gasteiger partial charge in [-0.15, -0.1) is 11.8 Å². The maximum absolute atomic E-state index is 12.8. The van der Waals surface area contributed by atoms with Crippen LogP contribution in [0.25, 0.3) is 11.0 Å². The van der Waals surface area contributed by atoms with Crippen LogP contribution in [0.4, 0.5) is 5.69 Å². The number of rotatable bonds is 3. The Hall–Kier alpha value is -2.34. The van der Waals surface area contributed by atoms with Gasteiger partial charge in [0.15, 0.2) is 5.65 Å². The van der Waals surface area contributed by atoms with Crippen LogP contribution < -0.4 is 5.32 Å². The highest BCUT2D eigenvalue weighted by atomic mass is 32.2. The fourth-order valence-corrected chi connectivity index (χ4v) is 3.11. The molecular formula is C17H18N4OS. The molecule has 3 aromatic rings. The van der Waals surface area contributed by atoms with E-state index in [1.165, 1.54) is 0 Å². The number of carbonyl (C=O) groups excluding carboxylic acids is 1. The molecular weight excluding hydrogens is 308 g/mol. The summed E-state index contributed by atoms with van der Waals surface area (Å²) in [4.78, 5) is 18.4. The highest BCUT2D eigenvalue weighted by molar-refractivity contribution is 7.98. The lowest BCUT2D eigenvalue weighted by Crippen LogP contribution is -2.13. The number of hydrogen-bond acceptors (Lipinski definition) is 4.